The molecule has 3 aromatic rings. The van der Waals surface area contributed by atoms with Crippen molar-refractivity contribution in [2.75, 3.05) is 6.54 Å². The number of aliphatic carboxylic acids is 1. The minimum atomic E-state index is -1.04. The molecule has 0 saturated carbocycles. The lowest BCUT2D eigenvalue weighted by Gasteiger charge is -2.22. The number of amides is 1. The Morgan fingerprint density at radius 3 is 2.18 bits per heavy atom. The average Bonchev–Trinajstić information content (AvgIpc) is 2.84. The fourth-order valence-corrected chi connectivity index (χ4v) is 3.98. The van der Waals surface area contributed by atoms with Gasteiger partial charge < -0.3 is 21.9 Å². The van der Waals surface area contributed by atoms with Crippen LogP contribution in [0, 0.1) is 5.92 Å². The summed E-state index contributed by atoms with van der Waals surface area (Å²) in [7, 11) is 0. The Bertz CT molecular complexity index is 1110. The van der Waals surface area contributed by atoms with Crippen molar-refractivity contribution in [3.8, 4) is 11.1 Å². The average molecular weight is 460 g/mol. The van der Waals surface area contributed by atoms with E-state index in [2.05, 4.69) is 55.6 Å². The largest absolute Gasteiger partial charge is 0.480 e. The van der Waals surface area contributed by atoms with Crippen LogP contribution in [0.2, 0.25) is 0 Å². The van der Waals surface area contributed by atoms with Gasteiger partial charge in [-0.1, -0.05) is 68.4 Å². The van der Waals surface area contributed by atoms with Crippen LogP contribution in [0.3, 0.4) is 0 Å². The number of carbonyl (C=O) groups is 2. The number of carboxylic acids is 1. The summed E-state index contributed by atoms with van der Waals surface area (Å²) in [6, 6.07) is 22.6. The van der Waals surface area contributed by atoms with Gasteiger partial charge in [-0.15, -0.1) is 0 Å². The van der Waals surface area contributed by atoms with Gasteiger partial charge in [-0.05, 0) is 58.4 Å². The number of nitrogens with one attached hydrogen (secondary N) is 1. The summed E-state index contributed by atoms with van der Waals surface area (Å²) >= 11 is 0. The standard InChI is InChI=1S/C28H33N3O3/c1-18(2)25(22-12-10-21(11-13-22)24-5-3-4-20(14-24)16-29)17-31-27(32)23-8-6-19(7-9-23)15-26(30)28(33)34/h3-14,18,25-26H,15-17,29-30H2,1-2H3,(H,31,32)(H,33,34)/t25-,26+/m1/s1. The van der Waals surface area contributed by atoms with Gasteiger partial charge in [0.25, 0.3) is 5.91 Å². The highest BCUT2D eigenvalue weighted by Crippen LogP contribution is 2.27. The maximum absolute atomic E-state index is 12.7. The molecule has 6 heteroatoms. The van der Waals surface area contributed by atoms with Crippen LogP contribution >= 0.6 is 0 Å². The molecule has 0 radical (unpaired) electrons. The van der Waals surface area contributed by atoms with Gasteiger partial charge in [0.2, 0.25) is 0 Å². The Labute approximate surface area is 201 Å². The monoisotopic (exact) mass is 459 g/mol. The van der Waals surface area contributed by atoms with Gasteiger partial charge in [-0.3, -0.25) is 9.59 Å². The first kappa shape index (κ1) is 25.1. The molecule has 2 atom stereocenters. The van der Waals surface area contributed by atoms with Crippen molar-refractivity contribution in [3.05, 3.63) is 95.1 Å². The molecule has 0 spiro atoms. The molecule has 0 aliphatic rings. The molecule has 0 bridgehead atoms. The Hall–Kier alpha value is -3.48. The van der Waals surface area contributed by atoms with Crippen LogP contribution in [0.4, 0.5) is 0 Å². The summed E-state index contributed by atoms with van der Waals surface area (Å²) in [4.78, 5) is 23.6. The Morgan fingerprint density at radius 2 is 1.59 bits per heavy atom. The molecule has 0 heterocycles. The SMILES string of the molecule is CC(C)[C@@H](CNC(=O)c1ccc(C[C@H](N)C(=O)O)cc1)c1ccc(-c2cccc(CN)c2)cc1. The first-order valence-corrected chi connectivity index (χ1v) is 11.5. The van der Waals surface area contributed by atoms with E-state index in [1.54, 1.807) is 24.3 Å². The van der Waals surface area contributed by atoms with Gasteiger partial charge in [-0.2, -0.15) is 0 Å². The predicted octanol–water partition coefficient (Wildman–Crippen LogP) is 3.94. The molecule has 3 aromatic carbocycles. The van der Waals surface area contributed by atoms with E-state index in [0.29, 0.717) is 24.6 Å². The third-order valence-electron chi connectivity index (χ3n) is 6.11. The first-order chi connectivity index (χ1) is 16.3. The van der Waals surface area contributed by atoms with E-state index in [-0.39, 0.29) is 18.2 Å². The highest BCUT2D eigenvalue weighted by Gasteiger charge is 2.18. The lowest BCUT2D eigenvalue weighted by molar-refractivity contribution is -0.138. The number of carbonyl (C=O) groups excluding carboxylic acids is 1. The van der Waals surface area contributed by atoms with Gasteiger partial charge in [-0.25, -0.2) is 0 Å². The molecule has 0 saturated heterocycles. The van der Waals surface area contributed by atoms with E-state index >= 15 is 0 Å². The topological polar surface area (TPSA) is 118 Å². The Balaban J connectivity index is 1.65. The zero-order valence-corrected chi connectivity index (χ0v) is 19.7. The molecule has 6 nitrogen and oxygen atoms in total. The molecule has 0 fully saturated rings. The minimum Gasteiger partial charge on any atom is -0.480 e. The molecule has 0 aliphatic heterocycles. The van der Waals surface area contributed by atoms with Crippen molar-refractivity contribution in [2.45, 2.75) is 38.8 Å². The van der Waals surface area contributed by atoms with Crippen molar-refractivity contribution in [2.24, 2.45) is 17.4 Å². The minimum absolute atomic E-state index is 0.157. The van der Waals surface area contributed by atoms with Crippen molar-refractivity contribution < 1.29 is 14.7 Å². The van der Waals surface area contributed by atoms with Crippen LogP contribution in [-0.2, 0) is 17.8 Å². The Morgan fingerprint density at radius 1 is 0.912 bits per heavy atom. The maximum Gasteiger partial charge on any atom is 0.320 e. The van der Waals surface area contributed by atoms with Gasteiger partial charge in [0, 0.05) is 24.6 Å². The van der Waals surface area contributed by atoms with E-state index in [9.17, 15) is 9.59 Å². The van der Waals surface area contributed by atoms with Crippen LogP contribution < -0.4 is 16.8 Å². The second kappa shape index (κ2) is 11.6. The van der Waals surface area contributed by atoms with Gasteiger partial charge >= 0.3 is 5.97 Å². The van der Waals surface area contributed by atoms with Crippen molar-refractivity contribution in [3.63, 3.8) is 0 Å². The van der Waals surface area contributed by atoms with Crippen molar-refractivity contribution in [1.82, 2.24) is 5.32 Å². The number of nitrogens with two attached hydrogens (primary N) is 2. The van der Waals surface area contributed by atoms with Crippen LogP contribution in [-0.4, -0.2) is 29.6 Å². The fraction of sp³-hybridized carbons (Fsp3) is 0.286. The summed E-state index contributed by atoms with van der Waals surface area (Å²) in [5.41, 5.74) is 17.2. The van der Waals surface area contributed by atoms with Crippen LogP contribution in [0.25, 0.3) is 11.1 Å². The summed E-state index contributed by atoms with van der Waals surface area (Å²) in [5, 5.41) is 12.0. The lowest BCUT2D eigenvalue weighted by Crippen LogP contribution is -2.32. The van der Waals surface area contributed by atoms with E-state index in [0.717, 1.165) is 22.3 Å². The molecular formula is C28H33N3O3. The Kier molecular flexibility index (Phi) is 8.57. The summed E-state index contributed by atoms with van der Waals surface area (Å²) in [6.07, 6.45) is 0.221. The molecule has 6 N–H and O–H groups in total. The maximum atomic E-state index is 12.7. The van der Waals surface area contributed by atoms with Crippen molar-refractivity contribution in [1.29, 1.82) is 0 Å². The quantitative estimate of drug-likeness (QED) is 0.366. The summed E-state index contributed by atoms with van der Waals surface area (Å²) < 4.78 is 0. The molecule has 34 heavy (non-hydrogen) atoms. The number of rotatable bonds is 10. The van der Waals surface area contributed by atoms with Gasteiger partial charge in [0.1, 0.15) is 6.04 Å². The molecular weight excluding hydrogens is 426 g/mol. The first-order valence-electron chi connectivity index (χ1n) is 11.5. The van der Waals surface area contributed by atoms with Crippen LogP contribution in [0.15, 0.2) is 72.8 Å². The van der Waals surface area contributed by atoms with E-state index < -0.39 is 12.0 Å². The smallest absolute Gasteiger partial charge is 0.320 e. The molecule has 178 valence electrons. The fourth-order valence-electron chi connectivity index (χ4n) is 3.98. The highest BCUT2D eigenvalue weighted by atomic mass is 16.4. The van der Waals surface area contributed by atoms with Gasteiger partial charge in [0.05, 0.1) is 0 Å². The van der Waals surface area contributed by atoms with Crippen molar-refractivity contribution >= 4 is 11.9 Å². The number of carboxylic acid groups (broad SMARTS) is 1. The number of hydrogen-bond donors (Lipinski definition) is 4. The second-order valence-corrected chi connectivity index (χ2v) is 8.93. The zero-order chi connectivity index (χ0) is 24.7. The summed E-state index contributed by atoms with van der Waals surface area (Å²) in [6.45, 7) is 5.33. The predicted molar refractivity (Wildman–Crippen MR) is 135 cm³/mol. The lowest BCUT2D eigenvalue weighted by atomic mass is 9.87. The molecule has 1 amide bonds. The second-order valence-electron chi connectivity index (χ2n) is 8.93. The van der Waals surface area contributed by atoms with E-state index in [1.807, 2.05) is 12.1 Å². The number of benzene rings is 3. The van der Waals surface area contributed by atoms with E-state index in [1.165, 1.54) is 5.56 Å². The van der Waals surface area contributed by atoms with Crippen LogP contribution in [0.1, 0.15) is 46.8 Å². The third-order valence-corrected chi connectivity index (χ3v) is 6.11. The zero-order valence-electron chi connectivity index (χ0n) is 19.7. The molecule has 0 aromatic heterocycles. The molecule has 0 unspecified atom stereocenters. The molecule has 0 aliphatic carbocycles. The molecule has 3 rings (SSSR count). The van der Waals surface area contributed by atoms with Crippen LogP contribution in [0.5, 0.6) is 0 Å². The van der Waals surface area contributed by atoms with E-state index in [4.69, 9.17) is 16.6 Å². The summed E-state index contributed by atoms with van der Waals surface area (Å²) in [5.74, 6) is -0.693. The van der Waals surface area contributed by atoms with Gasteiger partial charge in [0.15, 0.2) is 0 Å². The normalized spacial score (nSPS) is 12.9. The third kappa shape index (κ3) is 6.53. The number of hydrogen-bond acceptors (Lipinski definition) is 4. The highest BCUT2D eigenvalue weighted by molar-refractivity contribution is 5.94.